The maximum absolute atomic E-state index is 9.88. The Morgan fingerprint density at radius 3 is 2.76 bits per heavy atom. The molecule has 130 valence electrons. The first-order valence-corrected chi connectivity index (χ1v) is 8.06. The summed E-state index contributed by atoms with van der Waals surface area (Å²) in [6.45, 7) is 4.58. The number of oxazole rings is 1. The summed E-state index contributed by atoms with van der Waals surface area (Å²) in [5, 5.41) is 13.6. The lowest BCUT2D eigenvalue weighted by Gasteiger charge is -2.05. The summed E-state index contributed by atoms with van der Waals surface area (Å²) in [7, 11) is 0. The third-order valence-corrected chi connectivity index (χ3v) is 3.44. The Morgan fingerprint density at radius 2 is 2.08 bits per heavy atom. The number of rotatable bonds is 7. The van der Waals surface area contributed by atoms with Crippen molar-refractivity contribution in [2.75, 3.05) is 6.61 Å². The van der Waals surface area contributed by atoms with Gasteiger partial charge in [-0.15, -0.1) is 0 Å². The van der Waals surface area contributed by atoms with E-state index < -0.39 is 0 Å². The third-order valence-electron chi connectivity index (χ3n) is 3.44. The summed E-state index contributed by atoms with van der Waals surface area (Å²) in [4.78, 5) is 8.33. The van der Waals surface area contributed by atoms with E-state index in [9.17, 15) is 5.11 Å². The standard InChI is InChI=1S/C18H19N3O4/c1-3-4-9-23-14-7-5-13(6-8-14)17-20-15(18(22)24-17)11-19-16-10-12(2)25-21-16/h5-8,10-11,22H,3-4,9H2,1-2H3. The molecule has 0 bridgehead atoms. The summed E-state index contributed by atoms with van der Waals surface area (Å²) in [6.07, 6.45) is 3.48. The molecule has 0 amide bonds. The zero-order chi connectivity index (χ0) is 17.6. The van der Waals surface area contributed by atoms with Crippen molar-refractivity contribution in [3.63, 3.8) is 0 Å². The van der Waals surface area contributed by atoms with E-state index in [2.05, 4.69) is 22.1 Å². The molecule has 0 fully saturated rings. The molecule has 0 spiro atoms. The van der Waals surface area contributed by atoms with Gasteiger partial charge in [0.15, 0.2) is 11.5 Å². The maximum atomic E-state index is 9.88. The SMILES string of the molecule is CCCCOc1ccc(-c2nc(C=Nc3cc(C)on3)c(O)o2)cc1. The molecule has 0 aliphatic carbocycles. The quantitative estimate of drug-likeness (QED) is 0.509. The van der Waals surface area contributed by atoms with Gasteiger partial charge in [-0.2, -0.15) is 0 Å². The fraction of sp³-hybridized carbons (Fsp3) is 0.278. The van der Waals surface area contributed by atoms with E-state index in [4.69, 9.17) is 13.7 Å². The minimum absolute atomic E-state index is 0.221. The molecule has 0 aliphatic heterocycles. The normalized spacial score (nSPS) is 11.3. The van der Waals surface area contributed by atoms with E-state index in [1.807, 2.05) is 24.3 Å². The number of ether oxygens (including phenoxy) is 1. The van der Waals surface area contributed by atoms with E-state index in [1.165, 1.54) is 6.21 Å². The summed E-state index contributed by atoms with van der Waals surface area (Å²) in [5.41, 5.74) is 0.953. The molecule has 0 saturated heterocycles. The lowest BCUT2D eigenvalue weighted by Crippen LogP contribution is -1.95. The van der Waals surface area contributed by atoms with Crippen LogP contribution in [0.15, 0.2) is 44.3 Å². The Bertz CT molecular complexity index is 850. The van der Waals surface area contributed by atoms with Crippen molar-refractivity contribution in [1.29, 1.82) is 0 Å². The first kappa shape index (κ1) is 16.8. The molecule has 0 radical (unpaired) electrons. The fourth-order valence-corrected chi connectivity index (χ4v) is 2.10. The molecule has 2 heterocycles. The van der Waals surface area contributed by atoms with Crippen LogP contribution in [0.25, 0.3) is 11.5 Å². The third kappa shape index (κ3) is 4.26. The monoisotopic (exact) mass is 341 g/mol. The highest BCUT2D eigenvalue weighted by Crippen LogP contribution is 2.27. The van der Waals surface area contributed by atoms with E-state index in [0.29, 0.717) is 24.1 Å². The van der Waals surface area contributed by atoms with Crippen molar-refractivity contribution < 1.29 is 18.8 Å². The molecule has 0 saturated carbocycles. The second-order valence-electron chi connectivity index (χ2n) is 5.49. The number of nitrogens with zero attached hydrogens (tertiary/aromatic N) is 3. The first-order chi connectivity index (χ1) is 12.2. The molecule has 1 aromatic carbocycles. The fourth-order valence-electron chi connectivity index (χ4n) is 2.10. The van der Waals surface area contributed by atoms with E-state index in [0.717, 1.165) is 24.2 Å². The Morgan fingerprint density at radius 1 is 1.28 bits per heavy atom. The van der Waals surface area contributed by atoms with Crippen LogP contribution in [-0.2, 0) is 0 Å². The highest BCUT2D eigenvalue weighted by Gasteiger charge is 2.12. The molecule has 0 atom stereocenters. The van der Waals surface area contributed by atoms with Gasteiger partial charge in [0.2, 0.25) is 5.89 Å². The summed E-state index contributed by atoms with van der Waals surface area (Å²) >= 11 is 0. The van der Waals surface area contributed by atoms with Crippen molar-refractivity contribution in [2.24, 2.45) is 4.99 Å². The number of unbranched alkanes of at least 4 members (excludes halogenated alkanes) is 1. The molecule has 2 aromatic heterocycles. The van der Waals surface area contributed by atoms with Gasteiger partial charge in [0.05, 0.1) is 12.8 Å². The number of hydrogen-bond donors (Lipinski definition) is 1. The van der Waals surface area contributed by atoms with Crippen molar-refractivity contribution in [3.8, 4) is 23.1 Å². The number of benzene rings is 1. The highest BCUT2D eigenvalue weighted by molar-refractivity contribution is 5.82. The minimum atomic E-state index is -0.303. The topological polar surface area (TPSA) is 93.9 Å². The summed E-state index contributed by atoms with van der Waals surface area (Å²) in [5.74, 6) is 1.84. The van der Waals surface area contributed by atoms with Crippen LogP contribution in [0.3, 0.4) is 0 Å². The second kappa shape index (κ2) is 7.65. The Kier molecular flexibility index (Phi) is 5.13. The predicted molar refractivity (Wildman–Crippen MR) is 92.5 cm³/mol. The van der Waals surface area contributed by atoms with Crippen LogP contribution in [0.4, 0.5) is 5.82 Å². The maximum Gasteiger partial charge on any atom is 0.312 e. The van der Waals surface area contributed by atoms with Crippen LogP contribution >= 0.6 is 0 Å². The lowest BCUT2D eigenvalue weighted by molar-refractivity contribution is 0.309. The first-order valence-electron chi connectivity index (χ1n) is 8.06. The van der Waals surface area contributed by atoms with Gasteiger partial charge in [-0.05, 0) is 37.6 Å². The molecule has 25 heavy (non-hydrogen) atoms. The van der Waals surface area contributed by atoms with Gasteiger partial charge in [-0.3, -0.25) is 0 Å². The van der Waals surface area contributed by atoms with Crippen molar-refractivity contribution in [2.45, 2.75) is 26.7 Å². The van der Waals surface area contributed by atoms with Crippen LogP contribution < -0.4 is 4.74 Å². The number of aryl methyl sites for hydroxylation is 1. The molecular formula is C18H19N3O4. The molecule has 0 aliphatic rings. The number of aromatic hydroxyl groups is 1. The largest absolute Gasteiger partial charge is 0.494 e. The Hall–Kier alpha value is -3.09. The van der Waals surface area contributed by atoms with Gasteiger partial charge in [-0.25, -0.2) is 9.98 Å². The van der Waals surface area contributed by atoms with Crippen molar-refractivity contribution in [3.05, 3.63) is 41.8 Å². The van der Waals surface area contributed by atoms with Crippen LogP contribution in [0.5, 0.6) is 11.7 Å². The molecule has 7 heteroatoms. The van der Waals surface area contributed by atoms with Crippen LogP contribution in [0, 0.1) is 6.92 Å². The molecule has 0 unspecified atom stereocenters. The van der Waals surface area contributed by atoms with Crippen LogP contribution in [0.1, 0.15) is 31.2 Å². The van der Waals surface area contributed by atoms with Gasteiger partial charge in [0.1, 0.15) is 11.5 Å². The average molecular weight is 341 g/mol. The average Bonchev–Trinajstić information content (AvgIpc) is 3.19. The molecule has 3 rings (SSSR count). The zero-order valence-corrected chi connectivity index (χ0v) is 14.1. The molecule has 7 nitrogen and oxygen atoms in total. The van der Waals surface area contributed by atoms with E-state index in [-0.39, 0.29) is 11.6 Å². The van der Waals surface area contributed by atoms with Gasteiger partial charge in [0, 0.05) is 11.6 Å². The smallest absolute Gasteiger partial charge is 0.312 e. The molecule has 3 aromatic rings. The number of aliphatic imine (C=N–C) groups is 1. The predicted octanol–water partition coefficient (Wildman–Crippen LogP) is 4.27. The number of aromatic nitrogens is 2. The second-order valence-corrected chi connectivity index (χ2v) is 5.49. The Balaban J connectivity index is 1.72. The zero-order valence-electron chi connectivity index (χ0n) is 14.1. The molecular weight excluding hydrogens is 322 g/mol. The Labute approximate surface area is 145 Å². The van der Waals surface area contributed by atoms with E-state index >= 15 is 0 Å². The summed E-state index contributed by atoms with van der Waals surface area (Å²) in [6, 6.07) is 9.02. The van der Waals surface area contributed by atoms with Crippen molar-refractivity contribution in [1.82, 2.24) is 10.1 Å². The van der Waals surface area contributed by atoms with Crippen LogP contribution in [0.2, 0.25) is 0 Å². The van der Waals surface area contributed by atoms with Gasteiger partial charge < -0.3 is 18.8 Å². The lowest BCUT2D eigenvalue weighted by atomic mass is 10.2. The highest BCUT2D eigenvalue weighted by atomic mass is 16.5. The molecule has 1 N–H and O–H groups in total. The van der Waals surface area contributed by atoms with Gasteiger partial charge in [0.25, 0.3) is 0 Å². The van der Waals surface area contributed by atoms with Crippen LogP contribution in [-0.4, -0.2) is 28.1 Å². The summed E-state index contributed by atoms with van der Waals surface area (Å²) < 4.78 is 15.8. The van der Waals surface area contributed by atoms with Crippen molar-refractivity contribution >= 4 is 12.0 Å². The van der Waals surface area contributed by atoms with E-state index in [1.54, 1.807) is 13.0 Å². The number of hydrogen-bond acceptors (Lipinski definition) is 7. The van der Waals surface area contributed by atoms with Gasteiger partial charge in [-0.1, -0.05) is 18.5 Å². The minimum Gasteiger partial charge on any atom is -0.494 e. The van der Waals surface area contributed by atoms with Gasteiger partial charge >= 0.3 is 5.95 Å².